The van der Waals surface area contributed by atoms with Crippen molar-refractivity contribution in [3.05, 3.63) is 23.8 Å². The van der Waals surface area contributed by atoms with Crippen LogP contribution in [-0.2, 0) is 21.2 Å². The van der Waals surface area contributed by atoms with Crippen molar-refractivity contribution in [2.24, 2.45) is 5.73 Å². The molecule has 0 bridgehead atoms. The lowest BCUT2D eigenvalue weighted by Crippen LogP contribution is -2.48. The molecule has 1 aromatic rings. The van der Waals surface area contributed by atoms with E-state index in [0.29, 0.717) is 12.2 Å². The lowest BCUT2D eigenvalue weighted by molar-refractivity contribution is -0.116. The number of fused-ring (bicyclic) bond motifs is 1. The SMILES string of the molecule is CC(=O)N1CCCc2ccc(S(=O)(=O)NC(C)(C)CN)cc21. The van der Waals surface area contributed by atoms with Gasteiger partial charge in [0.1, 0.15) is 0 Å². The number of anilines is 1. The zero-order valence-corrected chi connectivity index (χ0v) is 14.0. The van der Waals surface area contributed by atoms with Gasteiger partial charge < -0.3 is 10.6 Å². The Labute approximate surface area is 131 Å². The van der Waals surface area contributed by atoms with E-state index in [2.05, 4.69) is 4.72 Å². The molecule has 7 heteroatoms. The Bertz CT molecular complexity index is 683. The first-order valence-electron chi connectivity index (χ1n) is 7.31. The van der Waals surface area contributed by atoms with Gasteiger partial charge in [-0.1, -0.05) is 6.07 Å². The molecule has 0 atom stereocenters. The molecule has 0 aromatic heterocycles. The zero-order chi connectivity index (χ0) is 16.5. The number of benzene rings is 1. The minimum absolute atomic E-state index is 0.0780. The fraction of sp³-hybridized carbons (Fsp3) is 0.533. The molecule has 2 rings (SSSR count). The zero-order valence-electron chi connectivity index (χ0n) is 13.2. The Morgan fingerprint density at radius 2 is 2.09 bits per heavy atom. The molecule has 1 aliphatic heterocycles. The molecule has 1 heterocycles. The van der Waals surface area contributed by atoms with Crippen LogP contribution in [0.4, 0.5) is 5.69 Å². The van der Waals surface area contributed by atoms with Gasteiger partial charge in [0.15, 0.2) is 0 Å². The Morgan fingerprint density at radius 3 is 2.68 bits per heavy atom. The van der Waals surface area contributed by atoms with Gasteiger partial charge in [-0.15, -0.1) is 0 Å². The van der Waals surface area contributed by atoms with E-state index in [4.69, 9.17) is 5.73 Å². The van der Waals surface area contributed by atoms with Gasteiger partial charge in [0.25, 0.3) is 0 Å². The third-order valence-electron chi connectivity index (χ3n) is 3.79. The molecule has 1 amide bonds. The summed E-state index contributed by atoms with van der Waals surface area (Å²) in [6.45, 7) is 5.76. The van der Waals surface area contributed by atoms with Crippen molar-refractivity contribution in [3.8, 4) is 0 Å². The smallest absolute Gasteiger partial charge is 0.241 e. The van der Waals surface area contributed by atoms with Gasteiger partial charge >= 0.3 is 0 Å². The second-order valence-corrected chi connectivity index (χ2v) is 7.94. The monoisotopic (exact) mass is 325 g/mol. The fourth-order valence-corrected chi connectivity index (χ4v) is 3.96. The molecule has 3 N–H and O–H groups in total. The lowest BCUT2D eigenvalue weighted by Gasteiger charge is -2.29. The van der Waals surface area contributed by atoms with Crippen molar-refractivity contribution in [2.45, 2.75) is 44.0 Å². The van der Waals surface area contributed by atoms with Crippen molar-refractivity contribution in [2.75, 3.05) is 18.0 Å². The standard InChI is InChI=1S/C15H23N3O3S/c1-11(19)18-8-4-5-12-6-7-13(9-14(12)18)22(20,21)17-15(2,3)10-16/h6-7,9,17H,4-5,8,10,16H2,1-3H3. The van der Waals surface area contributed by atoms with Crippen molar-refractivity contribution in [1.29, 1.82) is 0 Å². The first kappa shape index (κ1) is 16.9. The van der Waals surface area contributed by atoms with Crippen molar-refractivity contribution in [3.63, 3.8) is 0 Å². The summed E-state index contributed by atoms with van der Waals surface area (Å²) in [5.41, 5.74) is 6.54. The van der Waals surface area contributed by atoms with Crippen molar-refractivity contribution in [1.82, 2.24) is 4.72 Å². The minimum Gasteiger partial charge on any atom is -0.329 e. The molecule has 0 radical (unpaired) electrons. The maximum absolute atomic E-state index is 12.5. The Hall–Kier alpha value is -1.44. The van der Waals surface area contributed by atoms with Crippen LogP contribution in [0.15, 0.2) is 23.1 Å². The summed E-state index contributed by atoms with van der Waals surface area (Å²) in [4.78, 5) is 13.5. The molecule has 0 saturated carbocycles. The van der Waals surface area contributed by atoms with Crippen LogP contribution in [0.5, 0.6) is 0 Å². The van der Waals surface area contributed by atoms with Crippen LogP contribution in [0, 0.1) is 0 Å². The topological polar surface area (TPSA) is 92.5 Å². The number of nitrogens with one attached hydrogen (secondary N) is 1. The third kappa shape index (κ3) is 3.48. The number of rotatable bonds is 4. The van der Waals surface area contributed by atoms with Gasteiger partial charge in [0.2, 0.25) is 15.9 Å². The van der Waals surface area contributed by atoms with E-state index in [9.17, 15) is 13.2 Å². The summed E-state index contributed by atoms with van der Waals surface area (Å²) in [7, 11) is -3.68. The van der Waals surface area contributed by atoms with E-state index in [1.807, 2.05) is 0 Å². The van der Waals surface area contributed by atoms with Gasteiger partial charge in [-0.3, -0.25) is 4.79 Å². The Kier molecular flexibility index (Phi) is 4.60. The number of carbonyl (C=O) groups excluding carboxylic acids is 1. The van der Waals surface area contributed by atoms with Crippen molar-refractivity contribution < 1.29 is 13.2 Å². The van der Waals surface area contributed by atoms with E-state index < -0.39 is 15.6 Å². The number of aryl methyl sites for hydroxylation is 1. The first-order chi connectivity index (χ1) is 10.2. The van der Waals surface area contributed by atoms with Crippen LogP contribution in [0.1, 0.15) is 32.8 Å². The molecule has 22 heavy (non-hydrogen) atoms. The highest BCUT2D eigenvalue weighted by atomic mass is 32.2. The number of nitrogens with two attached hydrogens (primary N) is 1. The predicted molar refractivity (Wildman–Crippen MR) is 86.2 cm³/mol. The molecule has 0 aliphatic carbocycles. The summed E-state index contributed by atoms with van der Waals surface area (Å²) in [5, 5.41) is 0. The Balaban J connectivity index is 2.42. The second-order valence-electron chi connectivity index (χ2n) is 6.26. The number of amides is 1. The van der Waals surface area contributed by atoms with Gasteiger partial charge in [-0.25, -0.2) is 13.1 Å². The highest BCUT2D eigenvalue weighted by Gasteiger charge is 2.27. The fourth-order valence-electron chi connectivity index (χ4n) is 2.51. The molecule has 1 aliphatic rings. The highest BCUT2D eigenvalue weighted by molar-refractivity contribution is 7.89. The van der Waals surface area contributed by atoms with Gasteiger partial charge in [0, 0.05) is 31.2 Å². The third-order valence-corrected chi connectivity index (χ3v) is 5.48. The van der Waals surface area contributed by atoms with Gasteiger partial charge in [-0.2, -0.15) is 0 Å². The summed E-state index contributed by atoms with van der Waals surface area (Å²) >= 11 is 0. The number of carbonyl (C=O) groups is 1. The summed E-state index contributed by atoms with van der Waals surface area (Å²) in [6, 6.07) is 4.94. The normalized spacial score (nSPS) is 15.5. The maximum Gasteiger partial charge on any atom is 0.241 e. The summed E-state index contributed by atoms with van der Waals surface area (Å²) < 4.78 is 27.6. The first-order valence-corrected chi connectivity index (χ1v) is 8.80. The average molecular weight is 325 g/mol. The molecule has 0 unspecified atom stereocenters. The quantitative estimate of drug-likeness (QED) is 0.864. The average Bonchev–Trinajstić information content (AvgIpc) is 2.44. The van der Waals surface area contributed by atoms with E-state index in [0.717, 1.165) is 18.4 Å². The molecular weight excluding hydrogens is 302 g/mol. The molecule has 0 saturated heterocycles. The van der Waals surface area contributed by atoms with Gasteiger partial charge in [-0.05, 0) is 44.4 Å². The lowest BCUT2D eigenvalue weighted by atomic mass is 10.0. The Morgan fingerprint density at radius 1 is 1.41 bits per heavy atom. The van der Waals surface area contributed by atoms with Crippen LogP contribution in [0.3, 0.4) is 0 Å². The van der Waals surface area contributed by atoms with Crippen LogP contribution in [-0.4, -0.2) is 33.0 Å². The largest absolute Gasteiger partial charge is 0.329 e. The van der Waals surface area contributed by atoms with Gasteiger partial charge in [0.05, 0.1) is 4.90 Å². The number of nitrogens with zero attached hydrogens (tertiary/aromatic N) is 1. The number of hydrogen-bond donors (Lipinski definition) is 2. The molecule has 6 nitrogen and oxygen atoms in total. The van der Waals surface area contributed by atoms with Crippen LogP contribution in [0.2, 0.25) is 0 Å². The molecule has 1 aromatic carbocycles. The number of sulfonamides is 1. The molecule has 122 valence electrons. The van der Waals surface area contributed by atoms with Crippen LogP contribution >= 0.6 is 0 Å². The summed E-state index contributed by atoms with van der Waals surface area (Å²) in [6.07, 6.45) is 1.73. The minimum atomic E-state index is -3.68. The highest BCUT2D eigenvalue weighted by Crippen LogP contribution is 2.30. The van der Waals surface area contributed by atoms with E-state index in [1.54, 1.807) is 36.9 Å². The van der Waals surface area contributed by atoms with E-state index in [-0.39, 0.29) is 17.3 Å². The summed E-state index contributed by atoms with van der Waals surface area (Å²) in [5.74, 6) is -0.0780. The van der Waals surface area contributed by atoms with Crippen LogP contribution in [0.25, 0.3) is 0 Å². The van der Waals surface area contributed by atoms with Crippen molar-refractivity contribution >= 4 is 21.6 Å². The maximum atomic E-state index is 12.5. The van der Waals surface area contributed by atoms with E-state index >= 15 is 0 Å². The molecular formula is C15H23N3O3S. The predicted octanol–water partition coefficient (Wildman–Crippen LogP) is 1.00. The van der Waals surface area contributed by atoms with Crippen LogP contribution < -0.4 is 15.4 Å². The molecule has 0 fully saturated rings. The molecule has 0 spiro atoms. The second kappa shape index (κ2) is 5.98. The van der Waals surface area contributed by atoms with E-state index in [1.165, 1.54) is 6.92 Å². The number of hydrogen-bond acceptors (Lipinski definition) is 4.